The first-order valence-corrected chi connectivity index (χ1v) is 9.77. The summed E-state index contributed by atoms with van der Waals surface area (Å²) in [7, 11) is 0. The fourth-order valence-electron chi connectivity index (χ4n) is 3.95. The molecule has 150 valence electrons. The van der Waals surface area contributed by atoms with E-state index in [4.69, 9.17) is 4.74 Å². The number of fused-ring (bicyclic) bond motifs is 1. The van der Waals surface area contributed by atoms with Crippen LogP contribution in [0, 0.1) is 5.92 Å². The Bertz CT molecular complexity index is 847. The summed E-state index contributed by atoms with van der Waals surface area (Å²) in [4.78, 5) is 46.4. The Labute approximate surface area is 162 Å². The van der Waals surface area contributed by atoms with Gasteiger partial charge in [0.25, 0.3) is 0 Å². The lowest BCUT2D eigenvalue weighted by atomic mass is 9.96. The van der Waals surface area contributed by atoms with Gasteiger partial charge in [0.05, 0.1) is 18.9 Å². The number of rotatable bonds is 3. The molecule has 1 atom stereocenters. The van der Waals surface area contributed by atoms with Crippen molar-refractivity contribution in [2.45, 2.75) is 19.8 Å². The van der Waals surface area contributed by atoms with Crippen LogP contribution in [0.5, 0.6) is 0 Å². The van der Waals surface area contributed by atoms with Gasteiger partial charge in [-0.2, -0.15) is 0 Å². The van der Waals surface area contributed by atoms with E-state index in [1.54, 1.807) is 18.2 Å². The first-order chi connectivity index (χ1) is 13.7. The Morgan fingerprint density at radius 2 is 1.93 bits per heavy atom. The minimum Gasteiger partial charge on any atom is -0.450 e. The highest BCUT2D eigenvalue weighted by Gasteiger charge is 2.33. The summed E-state index contributed by atoms with van der Waals surface area (Å²) in [6.07, 6.45) is 4.62. The van der Waals surface area contributed by atoms with Crippen LogP contribution in [0.4, 0.5) is 10.6 Å². The molecule has 4 heterocycles. The number of hydrogen-bond donors (Lipinski definition) is 1. The molecule has 0 aliphatic carbocycles. The molecule has 2 aromatic heterocycles. The first kappa shape index (κ1) is 18.5. The summed E-state index contributed by atoms with van der Waals surface area (Å²) in [5.74, 6) is 0.881. The number of aromatic nitrogens is 4. The zero-order valence-electron chi connectivity index (χ0n) is 16.0. The van der Waals surface area contributed by atoms with E-state index in [-0.39, 0.29) is 17.9 Å². The smallest absolute Gasteiger partial charge is 0.409 e. The first-order valence-electron chi connectivity index (χ1n) is 9.77. The third kappa shape index (κ3) is 3.58. The van der Waals surface area contributed by atoms with Crippen LogP contribution >= 0.6 is 0 Å². The molecule has 2 amide bonds. The Hall–Kier alpha value is -2.91. The predicted octanol–water partition coefficient (Wildman–Crippen LogP) is 0.870. The monoisotopic (exact) mass is 387 g/mol. The fourth-order valence-corrected chi connectivity index (χ4v) is 3.95. The molecule has 2 aliphatic heterocycles. The number of amides is 2. The normalized spacial score (nSPS) is 20.5. The average Bonchev–Trinajstić information content (AvgIpc) is 3.22. The standard InChI is InChI=1S/C18H25N7O3/c1-2-28-18(27)24-8-6-23(7-9-24)17(26)13-4-3-5-25(10-13)16-14-15(20-11-19-14)21-12-22-16/h11-13H,2-10H2,1H3,(H,19,20,21,22). The van der Waals surface area contributed by atoms with Gasteiger partial charge in [-0.15, -0.1) is 0 Å². The molecule has 2 aromatic rings. The lowest BCUT2D eigenvalue weighted by molar-refractivity contribution is -0.137. The molecule has 0 saturated carbocycles. The van der Waals surface area contributed by atoms with E-state index in [1.807, 2.05) is 4.90 Å². The van der Waals surface area contributed by atoms with Crippen LogP contribution in [0.15, 0.2) is 12.7 Å². The molecule has 0 aromatic carbocycles. The van der Waals surface area contributed by atoms with Crippen molar-refractivity contribution in [2.75, 3.05) is 50.8 Å². The number of anilines is 1. The molecule has 1 N–H and O–H groups in total. The summed E-state index contributed by atoms with van der Waals surface area (Å²) in [6.45, 7) is 5.76. The minimum absolute atomic E-state index is 0.0733. The number of H-pyrrole nitrogens is 1. The second kappa shape index (κ2) is 7.99. The Morgan fingerprint density at radius 3 is 2.71 bits per heavy atom. The maximum absolute atomic E-state index is 13.1. The number of hydrogen-bond acceptors (Lipinski definition) is 7. The molecule has 10 nitrogen and oxygen atoms in total. The van der Waals surface area contributed by atoms with Crippen LogP contribution in [0.2, 0.25) is 0 Å². The molecule has 4 rings (SSSR count). The second-order valence-corrected chi connectivity index (χ2v) is 7.09. The summed E-state index contributed by atoms with van der Waals surface area (Å²) < 4.78 is 5.04. The third-order valence-electron chi connectivity index (χ3n) is 5.39. The number of ether oxygens (including phenoxy) is 1. The van der Waals surface area contributed by atoms with Gasteiger partial charge in [0.1, 0.15) is 11.8 Å². The second-order valence-electron chi connectivity index (χ2n) is 7.09. The lowest BCUT2D eigenvalue weighted by Crippen LogP contribution is -2.53. The van der Waals surface area contributed by atoms with Gasteiger partial charge in [0.2, 0.25) is 5.91 Å². The van der Waals surface area contributed by atoms with Crippen molar-refractivity contribution in [1.29, 1.82) is 0 Å². The third-order valence-corrected chi connectivity index (χ3v) is 5.39. The van der Waals surface area contributed by atoms with Gasteiger partial charge in [-0.25, -0.2) is 19.7 Å². The highest BCUT2D eigenvalue weighted by Crippen LogP contribution is 2.27. The van der Waals surface area contributed by atoms with Crippen LogP contribution < -0.4 is 4.90 Å². The quantitative estimate of drug-likeness (QED) is 0.832. The topological polar surface area (TPSA) is 108 Å². The molecule has 0 radical (unpaired) electrons. The average molecular weight is 387 g/mol. The van der Waals surface area contributed by atoms with E-state index in [1.165, 1.54) is 6.33 Å². The van der Waals surface area contributed by atoms with Crippen molar-refractivity contribution in [1.82, 2.24) is 29.7 Å². The zero-order valence-corrected chi connectivity index (χ0v) is 16.0. The maximum Gasteiger partial charge on any atom is 0.409 e. The van der Waals surface area contributed by atoms with Crippen molar-refractivity contribution >= 4 is 29.0 Å². The van der Waals surface area contributed by atoms with Crippen molar-refractivity contribution in [3.05, 3.63) is 12.7 Å². The fraction of sp³-hybridized carbons (Fsp3) is 0.611. The molecule has 28 heavy (non-hydrogen) atoms. The van der Waals surface area contributed by atoms with Crippen LogP contribution in [-0.4, -0.2) is 87.6 Å². The highest BCUT2D eigenvalue weighted by atomic mass is 16.6. The summed E-state index contributed by atoms with van der Waals surface area (Å²) in [5, 5.41) is 0. The Balaban J connectivity index is 1.39. The van der Waals surface area contributed by atoms with Crippen molar-refractivity contribution in [2.24, 2.45) is 5.92 Å². The summed E-state index contributed by atoms with van der Waals surface area (Å²) in [6, 6.07) is 0. The number of nitrogens with one attached hydrogen (secondary N) is 1. The highest BCUT2D eigenvalue weighted by molar-refractivity contribution is 5.84. The maximum atomic E-state index is 13.1. The van der Waals surface area contributed by atoms with Crippen molar-refractivity contribution in [3.8, 4) is 0 Å². The van der Waals surface area contributed by atoms with Gasteiger partial charge < -0.3 is 24.4 Å². The van der Waals surface area contributed by atoms with E-state index in [9.17, 15) is 9.59 Å². The van der Waals surface area contributed by atoms with Crippen molar-refractivity contribution in [3.63, 3.8) is 0 Å². The van der Waals surface area contributed by atoms with Gasteiger partial charge in [0.15, 0.2) is 11.5 Å². The summed E-state index contributed by atoms with van der Waals surface area (Å²) >= 11 is 0. The van der Waals surface area contributed by atoms with E-state index >= 15 is 0 Å². The molecule has 0 spiro atoms. The van der Waals surface area contributed by atoms with Gasteiger partial charge >= 0.3 is 6.09 Å². The Morgan fingerprint density at radius 1 is 1.14 bits per heavy atom. The van der Waals surface area contributed by atoms with E-state index in [0.717, 1.165) is 30.7 Å². The molecular weight excluding hydrogens is 362 g/mol. The number of piperidine rings is 1. The van der Waals surface area contributed by atoms with Crippen LogP contribution in [0.1, 0.15) is 19.8 Å². The van der Waals surface area contributed by atoms with Gasteiger partial charge in [-0.1, -0.05) is 0 Å². The molecule has 2 aliphatic rings. The number of carbonyl (C=O) groups excluding carboxylic acids is 2. The van der Waals surface area contributed by atoms with Crippen LogP contribution in [0.3, 0.4) is 0 Å². The lowest BCUT2D eigenvalue weighted by Gasteiger charge is -2.39. The molecule has 10 heteroatoms. The van der Waals surface area contributed by atoms with Crippen LogP contribution in [-0.2, 0) is 9.53 Å². The van der Waals surface area contributed by atoms with Gasteiger partial charge in [0, 0.05) is 39.3 Å². The Kier molecular flexibility index (Phi) is 5.27. The van der Waals surface area contributed by atoms with E-state index in [0.29, 0.717) is 45.0 Å². The van der Waals surface area contributed by atoms with Crippen LogP contribution in [0.25, 0.3) is 11.2 Å². The largest absolute Gasteiger partial charge is 0.450 e. The van der Waals surface area contributed by atoms with Crippen molar-refractivity contribution < 1.29 is 14.3 Å². The zero-order chi connectivity index (χ0) is 19.5. The van der Waals surface area contributed by atoms with E-state index < -0.39 is 0 Å². The predicted molar refractivity (Wildman–Crippen MR) is 102 cm³/mol. The van der Waals surface area contributed by atoms with Gasteiger partial charge in [-0.05, 0) is 19.8 Å². The van der Waals surface area contributed by atoms with Gasteiger partial charge in [-0.3, -0.25) is 4.79 Å². The number of aromatic amines is 1. The number of nitrogens with zero attached hydrogens (tertiary/aromatic N) is 6. The molecule has 2 saturated heterocycles. The molecule has 2 fully saturated rings. The number of imidazole rings is 1. The van der Waals surface area contributed by atoms with E-state index in [2.05, 4.69) is 24.8 Å². The molecule has 0 bridgehead atoms. The molecular formula is C18H25N7O3. The number of carbonyl (C=O) groups is 2. The summed E-state index contributed by atoms with van der Waals surface area (Å²) in [5.41, 5.74) is 1.44. The number of piperazine rings is 1. The SMILES string of the molecule is CCOC(=O)N1CCN(C(=O)C2CCCN(c3ncnc4nc[nH]c34)C2)CC1. The molecule has 1 unspecified atom stereocenters. The minimum atomic E-state index is -0.300.